The molecule has 2 rings (SSSR count). The topological polar surface area (TPSA) is 89.9 Å². The second kappa shape index (κ2) is 8.02. The summed E-state index contributed by atoms with van der Waals surface area (Å²) in [4.78, 5) is 35.7. The first-order valence-corrected chi connectivity index (χ1v) is 9.04. The lowest BCUT2D eigenvalue weighted by atomic mass is 9.91. The van der Waals surface area contributed by atoms with Crippen LogP contribution < -0.4 is 0 Å². The highest BCUT2D eigenvalue weighted by Gasteiger charge is 2.35. The van der Waals surface area contributed by atoms with E-state index in [1.807, 2.05) is 6.92 Å². The quantitative estimate of drug-likeness (QED) is 0.559. The van der Waals surface area contributed by atoms with Crippen LogP contribution in [0.4, 0.5) is 0 Å². The Hall–Kier alpha value is -1.85. The van der Waals surface area contributed by atoms with Gasteiger partial charge in [-0.1, -0.05) is 6.92 Å². The number of esters is 2. The van der Waals surface area contributed by atoms with Crippen LogP contribution in [0.3, 0.4) is 0 Å². The Morgan fingerprint density at radius 1 is 1.04 bits per heavy atom. The molecule has 1 saturated carbocycles. The van der Waals surface area contributed by atoms with E-state index in [1.54, 1.807) is 13.8 Å². The Morgan fingerprint density at radius 3 is 2.16 bits per heavy atom. The SMILES string of the molecule is CCC(C)(C)C(=O)OCCOC(=O)C1=C(C(=O)O)CC2CCC(C1)C2. The summed E-state index contributed by atoms with van der Waals surface area (Å²) in [7, 11) is 0. The molecule has 6 nitrogen and oxygen atoms in total. The molecular weight excluding hydrogens is 324 g/mol. The number of ether oxygens (including phenoxy) is 2. The number of hydrogen-bond donors (Lipinski definition) is 1. The van der Waals surface area contributed by atoms with Crippen LogP contribution in [0.2, 0.25) is 0 Å². The molecule has 0 heterocycles. The summed E-state index contributed by atoms with van der Waals surface area (Å²) in [5.41, 5.74) is -0.0787. The third-order valence-electron chi connectivity index (χ3n) is 5.49. The van der Waals surface area contributed by atoms with Crippen molar-refractivity contribution in [2.24, 2.45) is 17.3 Å². The number of hydrogen-bond acceptors (Lipinski definition) is 5. The molecule has 2 bridgehead atoms. The van der Waals surface area contributed by atoms with Gasteiger partial charge in [-0.05, 0) is 64.2 Å². The fraction of sp³-hybridized carbons (Fsp3) is 0.737. The minimum Gasteiger partial charge on any atom is -0.478 e. The van der Waals surface area contributed by atoms with Gasteiger partial charge < -0.3 is 14.6 Å². The maximum Gasteiger partial charge on any atom is 0.334 e. The lowest BCUT2D eigenvalue weighted by molar-refractivity contribution is -0.158. The first-order valence-electron chi connectivity index (χ1n) is 9.04. The molecule has 0 aromatic carbocycles. The van der Waals surface area contributed by atoms with Gasteiger partial charge in [0.2, 0.25) is 0 Å². The number of carbonyl (C=O) groups excluding carboxylic acids is 2. The third-order valence-corrected chi connectivity index (χ3v) is 5.49. The van der Waals surface area contributed by atoms with Crippen LogP contribution in [0.1, 0.15) is 59.3 Å². The number of carboxylic acids is 1. The minimum absolute atomic E-state index is 0.0181. The van der Waals surface area contributed by atoms with Crippen molar-refractivity contribution in [3.63, 3.8) is 0 Å². The maximum atomic E-state index is 12.4. The minimum atomic E-state index is -1.03. The first kappa shape index (κ1) is 19.5. The van der Waals surface area contributed by atoms with Crippen molar-refractivity contribution >= 4 is 17.9 Å². The van der Waals surface area contributed by atoms with Gasteiger partial charge in [0.1, 0.15) is 13.2 Å². The van der Waals surface area contributed by atoms with Crippen LogP contribution in [0, 0.1) is 17.3 Å². The molecule has 0 saturated heterocycles. The van der Waals surface area contributed by atoms with Crippen LogP contribution in [0.25, 0.3) is 0 Å². The highest BCUT2D eigenvalue weighted by molar-refractivity contribution is 5.99. The number of rotatable bonds is 7. The smallest absolute Gasteiger partial charge is 0.334 e. The van der Waals surface area contributed by atoms with Crippen LogP contribution in [-0.2, 0) is 23.9 Å². The fourth-order valence-corrected chi connectivity index (χ4v) is 3.49. The molecule has 2 unspecified atom stereocenters. The van der Waals surface area contributed by atoms with E-state index in [9.17, 15) is 19.5 Å². The molecule has 2 aliphatic carbocycles. The Morgan fingerprint density at radius 2 is 1.60 bits per heavy atom. The predicted octanol–water partition coefficient (Wildman–Crippen LogP) is 3.10. The summed E-state index contributed by atoms with van der Waals surface area (Å²) in [5.74, 6) is -1.22. The van der Waals surface area contributed by atoms with E-state index in [0.29, 0.717) is 36.7 Å². The Balaban J connectivity index is 1.91. The molecule has 0 aromatic rings. The summed E-state index contributed by atoms with van der Waals surface area (Å²) in [5, 5.41) is 9.44. The monoisotopic (exact) mass is 352 g/mol. The Labute approximate surface area is 148 Å². The van der Waals surface area contributed by atoms with Gasteiger partial charge in [-0.2, -0.15) is 0 Å². The number of aliphatic carboxylic acids is 1. The van der Waals surface area contributed by atoms with Gasteiger partial charge in [0.15, 0.2) is 0 Å². The molecule has 140 valence electrons. The van der Waals surface area contributed by atoms with Gasteiger partial charge in [0, 0.05) is 11.1 Å². The number of carbonyl (C=O) groups is 3. The van der Waals surface area contributed by atoms with E-state index >= 15 is 0 Å². The molecule has 0 spiro atoms. The molecule has 0 amide bonds. The molecule has 25 heavy (non-hydrogen) atoms. The zero-order valence-electron chi connectivity index (χ0n) is 15.3. The lowest BCUT2D eigenvalue weighted by Crippen LogP contribution is -2.27. The summed E-state index contributed by atoms with van der Waals surface area (Å²) in [6.07, 6.45) is 4.63. The fourth-order valence-electron chi connectivity index (χ4n) is 3.49. The average Bonchev–Trinajstić information content (AvgIpc) is 2.90. The lowest BCUT2D eigenvalue weighted by Gasteiger charge is -2.20. The molecule has 2 atom stereocenters. The molecule has 6 heteroatoms. The normalized spacial score (nSPS) is 23.2. The van der Waals surface area contributed by atoms with Crippen LogP contribution in [0.5, 0.6) is 0 Å². The molecular formula is C19H28O6. The zero-order chi connectivity index (χ0) is 18.6. The van der Waals surface area contributed by atoms with Crippen molar-refractivity contribution in [3.8, 4) is 0 Å². The van der Waals surface area contributed by atoms with E-state index in [2.05, 4.69) is 0 Å². The molecule has 0 radical (unpaired) electrons. The second-order valence-electron chi connectivity index (χ2n) is 7.72. The van der Waals surface area contributed by atoms with E-state index in [0.717, 1.165) is 19.3 Å². The standard InChI is InChI=1S/C19H28O6/c1-4-19(2,3)18(23)25-8-7-24-17(22)15-11-13-6-5-12(9-13)10-14(15)16(20)21/h12-13H,4-11H2,1-3H3,(H,20,21). The number of carboxylic acid groups (broad SMARTS) is 1. The number of fused-ring (bicyclic) bond motifs is 2. The van der Waals surface area contributed by atoms with Crippen LogP contribution >= 0.6 is 0 Å². The summed E-state index contributed by atoms with van der Waals surface area (Å²) >= 11 is 0. The molecule has 0 aliphatic heterocycles. The zero-order valence-corrected chi connectivity index (χ0v) is 15.3. The summed E-state index contributed by atoms with van der Waals surface area (Å²) < 4.78 is 10.3. The molecule has 1 N–H and O–H groups in total. The Bertz CT molecular complexity index is 574. The van der Waals surface area contributed by atoms with Crippen molar-refractivity contribution in [1.29, 1.82) is 0 Å². The van der Waals surface area contributed by atoms with Crippen molar-refractivity contribution in [2.75, 3.05) is 13.2 Å². The molecule has 1 fully saturated rings. The van der Waals surface area contributed by atoms with Crippen molar-refractivity contribution in [3.05, 3.63) is 11.1 Å². The third kappa shape index (κ3) is 4.83. The van der Waals surface area contributed by atoms with E-state index in [1.165, 1.54) is 0 Å². The maximum absolute atomic E-state index is 12.4. The summed E-state index contributed by atoms with van der Waals surface area (Å²) in [6.45, 7) is 5.42. The van der Waals surface area contributed by atoms with Gasteiger partial charge in [-0.15, -0.1) is 0 Å². The Kier molecular flexibility index (Phi) is 6.25. The average molecular weight is 352 g/mol. The van der Waals surface area contributed by atoms with E-state index in [4.69, 9.17) is 9.47 Å². The van der Waals surface area contributed by atoms with Gasteiger partial charge in [0.05, 0.1) is 5.41 Å². The van der Waals surface area contributed by atoms with E-state index in [-0.39, 0.29) is 24.8 Å². The second-order valence-corrected chi connectivity index (χ2v) is 7.72. The predicted molar refractivity (Wildman–Crippen MR) is 90.7 cm³/mol. The summed E-state index contributed by atoms with van der Waals surface area (Å²) in [6, 6.07) is 0. The van der Waals surface area contributed by atoms with Crippen LogP contribution in [-0.4, -0.2) is 36.2 Å². The highest BCUT2D eigenvalue weighted by Crippen LogP contribution is 2.42. The van der Waals surface area contributed by atoms with Gasteiger partial charge >= 0.3 is 17.9 Å². The van der Waals surface area contributed by atoms with Gasteiger partial charge in [-0.3, -0.25) is 4.79 Å². The molecule has 0 aromatic heterocycles. The van der Waals surface area contributed by atoms with Crippen molar-refractivity contribution < 1.29 is 29.0 Å². The van der Waals surface area contributed by atoms with Gasteiger partial charge in [0.25, 0.3) is 0 Å². The van der Waals surface area contributed by atoms with E-state index < -0.39 is 17.4 Å². The first-order chi connectivity index (χ1) is 11.7. The van der Waals surface area contributed by atoms with Crippen LogP contribution in [0.15, 0.2) is 11.1 Å². The van der Waals surface area contributed by atoms with Crippen molar-refractivity contribution in [1.82, 2.24) is 0 Å². The largest absolute Gasteiger partial charge is 0.478 e. The van der Waals surface area contributed by atoms with Gasteiger partial charge in [-0.25, -0.2) is 9.59 Å². The molecule has 2 aliphatic rings. The highest BCUT2D eigenvalue weighted by atomic mass is 16.6. The van der Waals surface area contributed by atoms with Crippen molar-refractivity contribution in [2.45, 2.75) is 59.3 Å².